The zero-order valence-corrected chi connectivity index (χ0v) is 17.7. The number of methoxy groups -OCH3 is 2. The molecular weight excluding hydrogens is 420 g/mol. The van der Waals surface area contributed by atoms with Crippen molar-refractivity contribution in [1.29, 1.82) is 0 Å². The Hall–Kier alpha value is -3.11. The number of phenols is 1. The molecule has 1 fully saturated rings. The van der Waals surface area contributed by atoms with Crippen molar-refractivity contribution in [3.8, 4) is 28.4 Å². The fraction of sp³-hybridized carbons (Fsp3) is 0.348. The van der Waals surface area contributed by atoms with Crippen LogP contribution in [-0.2, 0) is 4.74 Å². The van der Waals surface area contributed by atoms with Crippen LogP contribution in [0.3, 0.4) is 0 Å². The van der Waals surface area contributed by atoms with Crippen molar-refractivity contribution in [3.63, 3.8) is 0 Å². The van der Waals surface area contributed by atoms with Crippen LogP contribution < -0.4 is 14.9 Å². The molecular formula is C23H24O9. The minimum Gasteiger partial charge on any atom is -0.506 e. The molecule has 1 aromatic heterocycles. The first-order chi connectivity index (χ1) is 15.3. The molecule has 0 spiro atoms. The van der Waals surface area contributed by atoms with E-state index in [4.69, 9.17) is 18.6 Å². The van der Waals surface area contributed by atoms with Gasteiger partial charge in [0.2, 0.25) is 5.43 Å². The van der Waals surface area contributed by atoms with E-state index >= 15 is 0 Å². The van der Waals surface area contributed by atoms with Crippen LogP contribution in [0.1, 0.15) is 18.6 Å². The van der Waals surface area contributed by atoms with Crippen LogP contribution in [0.2, 0.25) is 0 Å². The third kappa shape index (κ3) is 3.49. The van der Waals surface area contributed by atoms with Crippen LogP contribution in [0.5, 0.6) is 17.2 Å². The van der Waals surface area contributed by atoms with Gasteiger partial charge in [-0.3, -0.25) is 4.79 Å². The Labute approximate surface area is 183 Å². The molecule has 3 aromatic rings. The predicted molar refractivity (Wildman–Crippen MR) is 114 cm³/mol. The zero-order chi connectivity index (χ0) is 23.2. The summed E-state index contributed by atoms with van der Waals surface area (Å²) in [5.41, 5.74) is 0.311. The topological polar surface area (TPSA) is 139 Å². The maximum Gasteiger partial charge on any atom is 0.204 e. The van der Waals surface area contributed by atoms with Crippen molar-refractivity contribution in [2.45, 2.75) is 37.4 Å². The van der Waals surface area contributed by atoms with E-state index in [1.54, 1.807) is 24.3 Å². The summed E-state index contributed by atoms with van der Waals surface area (Å²) in [6, 6.07) is 8.16. The van der Waals surface area contributed by atoms with Crippen molar-refractivity contribution >= 4 is 11.0 Å². The Balaban J connectivity index is 1.91. The van der Waals surface area contributed by atoms with Gasteiger partial charge in [0, 0.05) is 6.07 Å². The maximum atomic E-state index is 13.3. The van der Waals surface area contributed by atoms with Crippen LogP contribution in [-0.4, -0.2) is 59.1 Å². The van der Waals surface area contributed by atoms with Gasteiger partial charge in [-0.1, -0.05) is 12.1 Å². The van der Waals surface area contributed by atoms with Gasteiger partial charge < -0.3 is 39.1 Å². The molecule has 1 saturated heterocycles. The summed E-state index contributed by atoms with van der Waals surface area (Å²) in [6.07, 6.45) is -5.23. The van der Waals surface area contributed by atoms with Gasteiger partial charge in [0.05, 0.1) is 31.5 Å². The average Bonchev–Trinajstić information content (AvgIpc) is 2.80. The molecule has 1 aliphatic heterocycles. The van der Waals surface area contributed by atoms with Gasteiger partial charge >= 0.3 is 0 Å². The molecule has 5 atom stereocenters. The first kappa shape index (κ1) is 22.1. The summed E-state index contributed by atoms with van der Waals surface area (Å²) in [7, 11) is 2.88. The van der Waals surface area contributed by atoms with Gasteiger partial charge in [0.15, 0.2) is 0 Å². The van der Waals surface area contributed by atoms with Gasteiger partial charge in [-0.25, -0.2) is 0 Å². The molecule has 2 heterocycles. The highest BCUT2D eigenvalue weighted by atomic mass is 16.5. The van der Waals surface area contributed by atoms with E-state index < -0.39 is 41.7 Å². The Morgan fingerprint density at radius 3 is 2.28 bits per heavy atom. The Bertz CT molecular complexity index is 1180. The number of rotatable bonds is 4. The summed E-state index contributed by atoms with van der Waals surface area (Å²) >= 11 is 0. The van der Waals surface area contributed by atoms with Crippen LogP contribution in [0.4, 0.5) is 0 Å². The number of phenolic OH excluding ortho intramolecular Hbond substituents is 1. The zero-order valence-electron chi connectivity index (χ0n) is 17.7. The lowest BCUT2D eigenvalue weighted by Gasteiger charge is -2.40. The smallest absolute Gasteiger partial charge is 0.204 e. The lowest BCUT2D eigenvalue weighted by atomic mass is 9.89. The summed E-state index contributed by atoms with van der Waals surface area (Å²) in [4.78, 5) is 13.3. The Morgan fingerprint density at radius 1 is 0.969 bits per heavy atom. The largest absolute Gasteiger partial charge is 0.506 e. The maximum absolute atomic E-state index is 13.3. The fourth-order valence-corrected chi connectivity index (χ4v) is 3.96. The van der Waals surface area contributed by atoms with E-state index in [0.29, 0.717) is 11.3 Å². The third-order valence-corrected chi connectivity index (χ3v) is 5.80. The number of aliphatic hydroxyl groups is 3. The van der Waals surface area contributed by atoms with Crippen LogP contribution in [0.15, 0.2) is 45.8 Å². The number of hydrogen-bond donors (Lipinski definition) is 4. The standard InChI is InChI=1S/C23H24O9/c1-10-18(24)21(27)22(28)23(32-10)17-14(30-3)8-15-16(20(17)26)19(25)13(9-31-15)11-4-6-12(29-2)7-5-11/h4-10,18,21-24,26-28H,1-3H3/t10?,18-,21-,22?,23-/m0/s1. The Kier molecular flexibility index (Phi) is 5.83. The van der Waals surface area contributed by atoms with Gasteiger partial charge in [-0.2, -0.15) is 0 Å². The third-order valence-electron chi connectivity index (χ3n) is 5.80. The van der Waals surface area contributed by atoms with Crippen molar-refractivity contribution in [2.24, 2.45) is 0 Å². The van der Waals surface area contributed by atoms with Crippen molar-refractivity contribution in [2.75, 3.05) is 14.2 Å². The molecule has 0 aliphatic carbocycles. The number of aliphatic hydroxyl groups excluding tert-OH is 3. The highest BCUT2D eigenvalue weighted by Gasteiger charge is 2.44. The number of hydrogen-bond acceptors (Lipinski definition) is 9. The second-order valence-electron chi connectivity index (χ2n) is 7.65. The molecule has 9 nitrogen and oxygen atoms in total. The highest BCUT2D eigenvalue weighted by Crippen LogP contribution is 2.44. The molecule has 0 radical (unpaired) electrons. The number of benzene rings is 2. The monoisotopic (exact) mass is 444 g/mol. The molecule has 0 amide bonds. The van der Waals surface area contributed by atoms with Crippen molar-refractivity contribution < 1.29 is 39.1 Å². The lowest BCUT2D eigenvalue weighted by Crippen LogP contribution is -2.53. The second kappa shape index (κ2) is 8.44. The van der Waals surface area contributed by atoms with Crippen LogP contribution in [0.25, 0.3) is 22.1 Å². The first-order valence-electron chi connectivity index (χ1n) is 9.98. The van der Waals surface area contributed by atoms with Crippen LogP contribution >= 0.6 is 0 Å². The summed E-state index contributed by atoms with van der Waals surface area (Å²) in [6.45, 7) is 1.52. The molecule has 4 N–H and O–H groups in total. The predicted octanol–water partition coefficient (Wildman–Crippen LogP) is 1.73. The minimum absolute atomic E-state index is 0.0236. The molecule has 2 unspecified atom stereocenters. The van der Waals surface area contributed by atoms with E-state index in [9.17, 15) is 25.2 Å². The molecule has 0 bridgehead atoms. The lowest BCUT2D eigenvalue weighted by molar-refractivity contribution is -0.220. The summed E-state index contributed by atoms with van der Waals surface area (Å²) in [5.74, 6) is 0.214. The van der Waals surface area contributed by atoms with Gasteiger partial charge in [0.1, 0.15) is 58.9 Å². The molecule has 0 saturated carbocycles. The van der Waals surface area contributed by atoms with Gasteiger partial charge in [-0.05, 0) is 24.6 Å². The van der Waals surface area contributed by atoms with Gasteiger partial charge in [0.25, 0.3) is 0 Å². The van der Waals surface area contributed by atoms with E-state index in [-0.39, 0.29) is 27.8 Å². The van der Waals surface area contributed by atoms with E-state index in [2.05, 4.69) is 0 Å². The molecule has 9 heteroatoms. The summed E-state index contributed by atoms with van der Waals surface area (Å²) < 4.78 is 21.8. The first-order valence-corrected chi connectivity index (χ1v) is 9.98. The van der Waals surface area contributed by atoms with E-state index in [1.165, 1.54) is 33.5 Å². The Morgan fingerprint density at radius 2 is 1.66 bits per heavy atom. The molecule has 32 heavy (non-hydrogen) atoms. The van der Waals surface area contributed by atoms with Crippen LogP contribution in [0, 0.1) is 0 Å². The molecule has 2 aromatic carbocycles. The molecule has 1 aliphatic rings. The second-order valence-corrected chi connectivity index (χ2v) is 7.65. The van der Waals surface area contributed by atoms with Crippen molar-refractivity contribution in [1.82, 2.24) is 0 Å². The van der Waals surface area contributed by atoms with Gasteiger partial charge in [-0.15, -0.1) is 0 Å². The minimum atomic E-state index is -1.57. The number of aromatic hydroxyl groups is 1. The number of ether oxygens (including phenoxy) is 3. The normalized spacial score (nSPS) is 25.6. The van der Waals surface area contributed by atoms with E-state index in [0.717, 1.165) is 0 Å². The quantitative estimate of drug-likeness (QED) is 0.474. The molecule has 4 rings (SSSR count). The van der Waals surface area contributed by atoms with Crippen molar-refractivity contribution in [3.05, 3.63) is 52.4 Å². The fourth-order valence-electron chi connectivity index (χ4n) is 3.96. The number of fused-ring (bicyclic) bond motifs is 1. The highest BCUT2D eigenvalue weighted by molar-refractivity contribution is 5.90. The average molecular weight is 444 g/mol. The molecule has 170 valence electrons. The van der Waals surface area contributed by atoms with E-state index in [1.807, 2.05) is 0 Å². The summed E-state index contributed by atoms with van der Waals surface area (Å²) in [5, 5.41) is 41.7. The SMILES string of the molecule is COc1ccc(-c2coc3cc(OC)c([C@@H]4OC(C)[C@H](O)[C@H](O)C4O)c(O)c3c2=O)cc1.